The molecule has 0 saturated heterocycles. The molecular formula is C41H72O15P2. The lowest BCUT2D eigenvalue weighted by Crippen LogP contribution is -2.30. The van der Waals surface area contributed by atoms with Crippen molar-refractivity contribution < 1.29 is 71.5 Å². The van der Waals surface area contributed by atoms with Crippen molar-refractivity contribution in [2.24, 2.45) is 17.8 Å². The van der Waals surface area contributed by atoms with Crippen LogP contribution in [0.1, 0.15) is 143 Å². The molecule has 0 saturated carbocycles. The number of ether oxygens (including phenoxy) is 2. The zero-order chi connectivity index (χ0) is 43.2. The van der Waals surface area contributed by atoms with Crippen LogP contribution in [0.2, 0.25) is 0 Å². The molecular weight excluding hydrogens is 794 g/mol. The molecule has 5 N–H and O–H groups in total. The number of carbonyl (C=O) groups is 3. The number of aliphatic hydroxyl groups is 2. The van der Waals surface area contributed by atoms with Crippen LogP contribution in [0.15, 0.2) is 36.5 Å². The number of hydrogen-bond acceptors (Lipinski definition) is 12. The zero-order valence-electron chi connectivity index (χ0n) is 34.9. The molecule has 7 atom stereocenters. The second-order valence-electron chi connectivity index (χ2n) is 15.2. The first-order valence-corrected chi connectivity index (χ1v) is 24.2. The number of carbonyl (C=O) groups excluding carboxylic acids is 3. The highest BCUT2D eigenvalue weighted by Crippen LogP contribution is 2.44. The summed E-state index contributed by atoms with van der Waals surface area (Å²) in [6.07, 6.45) is 23.6. The molecule has 0 aromatic rings. The summed E-state index contributed by atoms with van der Waals surface area (Å²) in [7, 11) is -9.74. The van der Waals surface area contributed by atoms with Gasteiger partial charge >= 0.3 is 27.6 Å². The van der Waals surface area contributed by atoms with Gasteiger partial charge in [0.05, 0.1) is 25.9 Å². The highest BCUT2D eigenvalue weighted by Gasteiger charge is 2.29. The average Bonchev–Trinajstić information content (AvgIpc) is 3.53. The minimum absolute atomic E-state index is 0.00989. The van der Waals surface area contributed by atoms with Crippen molar-refractivity contribution in [1.82, 2.24) is 0 Å². The maximum absolute atomic E-state index is 12.7. The van der Waals surface area contributed by atoms with Crippen LogP contribution in [0.3, 0.4) is 0 Å². The second kappa shape index (κ2) is 31.8. The van der Waals surface area contributed by atoms with Gasteiger partial charge in [-0.25, -0.2) is 9.13 Å². The zero-order valence-corrected chi connectivity index (χ0v) is 36.7. The van der Waals surface area contributed by atoms with Crippen molar-refractivity contribution in [1.29, 1.82) is 0 Å². The number of unbranched alkanes of at least 4 members (excludes halogenated alkanes) is 10. The molecule has 0 fully saturated rings. The number of aliphatic hydroxyl groups excluding tert-OH is 2. The quantitative estimate of drug-likeness (QED) is 0.0174. The third kappa shape index (κ3) is 29.2. The molecule has 0 amide bonds. The van der Waals surface area contributed by atoms with Crippen molar-refractivity contribution >= 4 is 33.4 Å². The lowest BCUT2D eigenvalue weighted by atomic mass is 9.90. The lowest BCUT2D eigenvalue weighted by Gasteiger charge is -2.20. The van der Waals surface area contributed by atoms with E-state index in [4.69, 9.17) is 23.8 Å². The van der Waals surface area contributed by atoms with Gasteiger partial charge in [-0.2, -0.15) is 0 Å². The van der Waals surface area contributed by atoms with Gasteiger partial charge in [-0.1, -0.05) is 128 Å². The number of phosphoric acid groups is 2. The standard InChI is InChI=1S/C41H72O15P2/c1-4-6-15-22-35(42)26-27-38-34(25-28-39(38)44)21-17-13-14-18-23-40(45)52-31-37(32-55-58(50,51)54-30-36(43)29-53-57(47,48)49)56-41(46)24-19-12-10-8-7-9-11-16-20-33(3)5-2/h13,17,25-28,33-38,42-43H,4-12,14-16,18-24,29-32H2,1-3H3,(H,50,51)(H2,47,48,49)/b17-13-,27-26+/t33?,34-,35-,36-,37+,38+/m0/s1. The summed E-state index contributed by atoms with van der Waals surface area (Å²) >= 11 is 0. The van der Waals surface area contributed by atoms with Crippen LogP contribution < -0.4 is 0 Å². The highest BCUT2D eigenvalue weighted by atomic mass is 31.2. The number of phosphoric ester groups is 2. The molecule has 1 aliphatic carbocycles. The Morgan fingerprint density at radius 2 is 1.40 bits per heavy atom. The molecule has 1 aliphatic rings. The molecule has 0 spiro atoms. The third-order valence-electron chi connectivity index (χ3n) is 9.81. The van der Waals surface area contributed by atoms with Crippen LogP contribution >= 0.6 is 15.6 Å². The molecule has 0 aliphatic heterocycles. The van der Waals surface area contributed by atoms with E-state index in [2.05, 4.69) is 29.8 Å². The van der Waals surface area contributed by atoms with Gasteiger partial charge in [0, 0.05) is 18.8 Å². The van der Waals surface area contributed by atoms with Crippen LogP contribution in [0.25, 0.3) is 0 Å². The Morgan fingerprint density at radius 3 is 2.07 bits per heavy atom. The van der Waals surface area contributed by atoms with E-state index >= 15 is 0 Å². The minimum Gasteiger partial charge on any atom is -0.462 e. The first-order chi connectivity index (χ1) is 27.5. The first kappa shape index (κ1) is 54.0. The van der Waals surface area contributed by atoms with Gasteiger partial charge in [0.15, 0.2) is 11.9 Å². The molecule has 0 radical (unpaired) electrons. The lowest BCUT2D eigenvalue weighted by molar-refractivity contribution is -0.161. The van der Waals surface area contributed by atoms with Crippen LogP contribution in [0.4, 0.5) is 0 Å². The third-order valence-corrected chi connectivity index (χ3v) is 11.2. The Labute approximate surface area is 345 Å². The molecule has 17 heteroatoms. The van der Waals surface area contributed by atoms with E-state index < -0.39 is 72.3 Å². The summed E-state index contributed by atoms with van der Waals surface area (Å²) in [6.45, 7) is 3.71. The Bertz CT molecular complexity index is 1330. The average molecular weight is 867 g/mol. The van der Waals surface area contributed by atoms with E-state index in [0.29, 0.717) is 32.1 Å². The maximum Gasteiger partial charge on any atom is 0.472 e. The number of ketones is 1. The fraction of sp³-hybridized carbons (Fsp3) is 0.780. The molecule has 1 rings (SSSR count). The molecule has 15 nitrogen and oxygen atoms in total. The molecule has 0 aromatic heterocycles. The summed E-state index contributed by atoms with van der Waals surface area (Å²) in [6, 6.07) is 0. The fourth-order valence-electron chi connectivity index (χ4n) is 6.08. The fourth-order valence-corrected chi connectivity index (χ4v) is 7.23. The van der Waals surface area contributed by atoms with Crippen LogP contribution in [0.5, 0.6) is 0 Å². The van der Waals surface area contributed by atoms with Gasteiger partial charge in [-0.15, -0.1) is 0 Å². The van der Waals surface area contributed by atoms with Crippen molar-refractivity contribution in [2.75, 3.05) is 26.4 Å². The monoisotopic (exact) mass is 866 g/mol. The molecule has 0 aromatic carbocycles. The Morgan fingerprint density at radius 1 is 0.776 bits per heavy atom. The van der Waals surface area contributed by atoms with E-state index in [-0.39, 0.29) is 30.5 Å². The Balaban J connectivity index is 2.56. The van der Waals surface area contributed by atoms with Gasteiger partial charge < -0.3 is 34.4 Å². The molecule has 58 heavy (non-hydrogen) atoms. The van der Waals surface area contributed by atoms with Crippen molar-refractivity contribution in [3.8, 4) is 0 Å². The van der Waals surface area contributed by atoms with Crippen molar-refractivity contribution in [3.05, 3.63) is 36.5 Å². The van der Waals surface area contributed by atoms with Gasteiger partial charge in [0.25, 0.3) is 0 Å². The highest BCUT2D eigenvalue weighted by molar-refractivity contribution is 7.47. The van der Waals surface area contributed by atoms with Crippen LogP contribution in [-0.2, 0) is 46.6 Å². The second-order valence-corrected chi connectivity index (χ2v) is 17.9. The minimum atomic E-state index is -4.88. The molecule has 2 unspecified atom stereocenters. The number of hydrogen-bond donors (Lipinski definition) is 5. The van der Waals surface area contributed by atoms with E-state index in [9.17, 15) is 38.6 Å². The predicted octanol–water partition coefficient (Wildman–Crippen LogP) is 7.98. The number of esters is 2. The smallest absolute Gasteiger partial charge is 0.462 e. The number of rotatable bonds is 36. The summed E-state index contributed by atoms with van der Waals surface area (Å²) in [5.74, 6) is -0.733. The van der Waals surface area contributed by atoms with Crippen LogP contribution in [0, 0.1) is 17.8 Å². The van der Waals surface area contributed by atoms with Crippen molar-refractivity contribution in [3.63, 3.8) is 0 Å². The van der Waals surface area contributed by atoms with E-state index in [0.717, 1.165) is 50.9 Å². The van der Waals surface area contributed by atoms with Crippen molar-refractivity contribution in [2.45, 2.75) is 161 Å². The van der Waals surface area contributed by atoms with E-state index in [1.807, 2.05) is 18.2 Å². The Hall–Kier alpha value is -2.03. The maximum atomic E-state index is 12.7. The predicted molar refractivity (Wildman–Crippen MR) is 220 cm³/mol. The summed E-state index contributed by atoms with van der Waals surface area (Å²) in [5.41, 5.74) is 0. The van der Waals surface area contributed by atoms with E-state index in [1.165, 1.54) is 32.1 Å². The topological polar surface area (TPSA) is 233 Å². The van der Waals surface area contributed by atoms with Gasteiger partial charge in [0.2, 0.25) is 0 Å². The van der Waals surface area contributed by atoms with Gasteiger partial charge in [0.1, 0.15) is 12.7 Å². The number of allylic oxidation sites excluding steroid dienone is 5. The SMILES string of the molecule is CCCCC[C@H](O)/C=C/[C@H]1C(=O)C=C[C@@H]1C/C=C\CCCC(=O)OC[C@H](COP(=O)(O)OC[C@@H](O)COP(=O)(O)O)OC(=O)CCCCCCCCCCC(C)CC. The summed E-state index contributed by atoms with van der Waals surface area (Å²) in [5, 5.41) is 19.9. The van der Waals surface area contributed by atoms with Gasteiger partial charge in [-0.05, 0) is 50.0 Å². The molecule has 0 heterocycles. The molecule has 0 bridgehead atoms. The normalized spacial score (nSPS) is 19.1. The van der Waals surface area contributed by atoms with Crippen LogP contribution in [-0.4, -0.2) is 87.4 Å². The molecule has 336 valence electrons. The largest absolute Gasteiger partial charge is 0.472 e. The van der Waals surface area contributed by atoms with Gasteiger partial charge in [-0.3, -0.25) is 28.0 Å². The summed E-state index contributed by atoms with van der Waals surface area (Å²) in [4.78, 5) is 65.1. The van der Waals surface area contributed by atoms with E-state index in [1.54, 1.807) is 18.2 Å². The summed E-state index contributed by atoms with van der Waals surface area (Å²) < 4.78 is 47.7. The Kier molecular flexibility index (Phi) is 29.6. The first-order valence-electron chi connectivity index (χ1n) is 21.1.